The van der Waals surface area contributed by atoms with E-state index in [1.165, 1.54) is 0 Å². The molecule has 0 radical (unpaired) electrons. The maximum atomic E-state index is 11.7. The second-order valence-electron chi connectivity index (χ2n) is 3.98. The summed E-state index contributed by atoms with van der Waals surface area (Å²) in [5.41, 5.74) is 5.62. The molecule has 1 rings (SSSR count). The van der Waals surface area contributed by atoms with Gasteiger partial charge in [-0.3, -0.25) is 9.59 Å². The molecule has 18 heavy (non-hydrogen) atoms. The van der Waals surface area contributed by atoms with E-state index in [1.54, 1.807) is 12.4 Å². The lowest BCUT2D eigenvalue weighted by molar-refractivity contribution is -0.137. The highest BCUT2D eigenvalue weighted by molar-refractivity contribution is 5.82. The number of hydrogen-bond acceptors (Lipinski definition) is 4. The Bertz CT molecular complexity index is 391. The van der Waals surface area contributed by atoms with Crippen LogP contribution in [0.2, 0.25) is 0 Å². The van der Waals surface area contributed by atoms with Gasteiger partial charge in [-0.1, -0.05) is 6.92 Å². The molecule has 0 aliphatic heterocycles. The minimum Gasteiger partial charge on any atom is -0.481 e. The monoisotopic (exact) mass is 254 g/mol. The van der Waals surface area contributed by atoms with Gasteiger partial charge in [0.15, 0.2) is 0 Å². The van der Waals surface area contributed by atoms with Crippen LogP contribution in [0.4, 0.5) is 0 Å². The van der Waals surface area contributed by atoms with Crippen LogP contribution in [0.15, 0.2) is 12.4 Å². The summed E-state index contributed by atoms with van der Waals surface area (Å²) in [6, 6.07) is -1.05. The fourth-order valence-electron chi connectivity index (χ4n) is 1.52. The Morgan fingerprint density at radius 2 is 2.33 bits per heavy atom. The molecule has 2 atom stereocenters. The molecule has 0 bridgehead atoms. The Hall–Kier alpha value is -1.89. The third-order valence-corrected chi connectivity index (χ3v) is 2.58. The summed E-state index contributed by atoms with van der Waals surface area (Å²) in [6.07, 6.45) is 3.95. The first-order chi connectivity index (χ1) is 8.54. The molecular formula is C11H18N4O3. The first kappa shape index (κ1) is 14.2. The van der Waals surface area contributed by atoms with Crippen LogP contribution < -0.4 is 11.1 Å². The molecule has 5 N–H and O–H groups in total. The number of rotatable bonds is 7. The van der Waals surface area contributed by atoms with Crippen LogP contribution in [-0.4, -0.2) is 33.0 Å². The molecule has 1 amide bonds. The number of nitrogens with zero attached hydrogens (tertiary/aromatic N) is 1. The van der Waals surface area contributed by atoms with E-state index in [9.17, 15) is 9.59 Å². The molecule has 0 saturated heterocycles. The van der Waals surface area contributed by atoms with Crippen molar-refractivity contribution in [1.29, 1.82) is 0 Å². The zero-order chi connectivity index (χ0) is 13.5. The molecule has 0 saturated carbocycles. The number of nitrogens with two attached hydrogens (primary N) is 1. The van der Waals surface area contributed by atoms with Gasteiger partial charge in [0.25, 0.3) is 0 Å². The number of hydrogen-bond donors (Lipinski definition) is 4. The van der Waals surface area contributed by atoms with Gasteiger partial charge in [0.1, 0.15) is 5.82 Å². The van der Waals surface area contributed by atoms with Gasteiger partial charge in [0.05, 0.1) is 12.1 Å². The number of H-pyrrole nitrogens is 1. The van der Waals surface area contributed by atoms with Gasteiger partial charge in [-0.25, -0.2) is 4.98 Å². The highest BCUT2D eigenvalue weighted by Crippen LogP contribution is 2.11. The summed E-state index contributed by atoms with van der Waals surface area (Å²) < 4.78 is 0. The van der Waals surface area contributed by atoms with E-state index in [0.717, 1.165) is 0 Å². The Labute approximate surface area is 105 Å². The second-order valence-corrected chi connectivity index (χ2v) is 3.98. The quantitative estimate of drug-likeness (QED) is 0.552. The average Bonchev–Trinajstić information content (AvgIpc) is 2.86. The molecule has 0 spiro atoms. The summed E-state index contributed by atoms with van der Waals surface area (Å²) in [5.74, 6) is -0.660. The first-order valence-corrected chi connectivity index (χ1v) is 5.81. The number of carboxylic acids is 1. The average molecular weight is 254 g/mol. The van der Waals surface area contributed by atoms with E-state index >= 15 is 0 Å². The van der Waals surface area contributed by atoms with Gasteiger partial charge in [-0.05, 0) is 12.8 Å². The van der Waals surface area contributed by atoms with Crippen molar-refractivity contribution in [3.63, 3.8) is 0 Å². The van der Waals surface area contributed by atoms with Crippen molar-refractivity contribution in [2.75, 3.05) is 0 Å². The number of aromatic nitrogens is 2. The molecule has 7 heteroatoms. The Morgan fingerprint density at radius 1 is 1.61 bits per heavy atom. The van der Waals surface area contributed by atoms with Gasteiger partial charge >= 0.3 is 5.97 Å². The Kier molecular flexibility index (Phi) is 5.31. The molecule has 100 valence electrons. The summed E-state index contributed by atoms with van der Waals surface area (Å²) in [7, 11) is 0. The predicted molar refractivity (Wildman–Crippen MR) is 64.6 cm³/mol. The van der Waals surface area contributed by atoms with Crippen LogP contribution in [0.25, 0.3) is 0 Å². The zero-order valence-corrected chi connectivity index (χ0v) is 10.2. The fourth-order valence-corrected chi connectivity index (χ4v) is 1.52. The molecule has 1 aromatic heterocycles. The number of aliphatic carboxylic acids is 1. The molecular weight excluding hydrogens is 236 g/mol. The number of amides is 1. The predicted octanol–water partition coefficient (Wildman–Crippen LogP) is 0.169. The number of aromatic amines is 1. The molecule has 0 aliphatic rings. The topological polar surface area (TPSA) is 121 Å². The van der Waals surface area contributed by atoms with Crippen molar-refractivity contribution >= 4 is 11.9 Å². The smallest absolute Gasteiger partial charge is 0.303 e. The number of carbonyl (C=O) groups is 2. The summed E-state index contributed by atoms with van der Waals surface area (Å²) in [6.45, 7) is 1.91. The highest BCUT2D eigenvalue weighted by Gasteiger charge is 2.20. The summed E-state index contributed by atoms with van der Waals surface area (Å²) >= 11 is 0. The van der Waals surface area contributed by atoms with Gasteiger partial charge in [-0.15, -0.1) is 0 Å². The van der Waals surface area contributed by atoms with Crippen LogP contribution in [0.1, 0.15) is 38.1 Å². The molecule has 0 fully saturated rings. The lowest BCUT2D eigenvalue weighted by Crippen LogP contribution is -2.42. The van der Waals surface area contributed by atoms with Gasteiger partial charge in [-0.2, -0.15) is 0 Å². The maximum absolute atomic E-state index is 11.7. The highest BCUT2D eigenvalue weighted by atomic mass is 16.4. The minimum absolute atomic E-state index is 0.119. The van der Waals surface area contributed by atoms with E-state index in [0.29, 0.717) is 12.2 Å². The molecule has 7 nitrogen and oxygen atoms in total. The third kappa shape index (κ3) is 4.17. The van der Waals surface area contributed by atoms with Crippen LogP contribution in [0, 0.1) is 0 Å². The first-order valence-electron chi connectivity index (χ1n) is 5.81. The van der Waals surface area contributed by atoms with Crippen molar-refractivity contribution in [3.05, 3.63) is 18.2 Å². The second kappa shape index (κ2) is 6.75. The van der Waals surface area contributed by atoms with Gasteiger partial charge in [0.2, 0.25) is 5.91 Å². The van der Waals surface area contributed by atoms with Crippen LogP contribution in [0.5, 0.6) is 0 Å². The molecule has 0 aromatic carbocycles. The lowest BCUT2D eigenvalue weighted by atomic mass is 10.1. The van der Waals surface area contributed by atoms with Crippen molar-refractivity contribution in [1.82, 2.24) is 15.3 Å². The van der Waals surface area contributed by atoms with Crippen molar-refractivity contribution in [2.24, 2.45) is 5.73 Å². The van der Waals surface area contributed by atoms with E-state index in [4.69, 9.17) is 10.8 Å². The van der Waals surface area contributed by atoms with Gasteiger partial charge in [0, 0.05) is 18.8 Å². The number of nitrogens with one attached hydrogen (secondary N) is 2. The van der Waals surface area contributed by atoms with Gasteiger partial charge < -0.3 is 21.1 Å². The van der Waals surface area contributed by atoms with Crippen LogP contribution in [0.3, 0.4) is 0 Å². The Balaban J connectivity index is 2.49. The number of imidazole rings is 1. The normalized spacial score (nSPS) is 13.9. The van der Waals surface area contributed by atoms with Crippen molar-refractivity contribution < 1.29 is 14.7 Å². The minimum atomic E-state index is -0.962. The van der Waals surface area contributed by atoms with Crippen molar-refractivity contribution in [3.8, 4) is 0 Å². The van der Waals surface area contributed by atoms with E-state index < -0.39 is 12.0 Å². The lowest BCUT2D eigenvalue weighted by Gasteiger charge is -2.17. The number of carbonyl (C=O) groups excluding carboxylic acids is 1. The molecule has 0 aliphatic carbocycles. The largest absolute Gasteiger partial charge is 0.481 e. The number of carboxylic acid groups (broad SMARTS) is 1. The standard InChI is InChI=1S/C11H18N4O3/c1-2-8(10-13-5-6-14-10)15-11(18)7(12)3-4-9(16)17/h5-8H,2-4,12H2,1H3,(H,13,14)(H,15,18)(H,16,17). The maximum Gasteiger partial charge on any atom is 0.303 e. The summed E-state index contributed by atoms with van der Waals surface area (Å²) in [5, 5.41) is 11.3. The fraction of sp³-hybridized carbons (Fsp3) is 0.545. The van der Waals surface area contributed by atoms with E-state index in [2.05, 4.69) is 15.3 Å². The van der Waals surface area contributed by atoms with Crippen molar-refractivity contribution in [2.45, 2.75) is 38.3 Å². The Morgan fingerprint density at radius 3 is 2.83 bits per heavy atom. The zero-order valence-electron chi connectivity index (χ0n) is 10.2. The molecule has 1 heterocycles. The third-order valence-electron chi connectivity index (χ3n) is 2.58. The molecule has 2 unspecified atom stereocenters. The molecule has 1 aromatic rings. The van der Waals surface area contributed by atoms with E-state index in [1.807, 2.05) is 6.92 Å². The summed E-state index contributed by atoms with van der Waals surface area (Å²) in [4.78, 5) is 29.1. The SMILES string of the molecule is CCC(NC(=O)C(N)CCC(=O)O)c1ncc[nH]1. The van der Waals surface area contributed by atoms with Crippen LogP contribution >= 0.6 is 0 Å². The van der Waals surface area contributed by atoms with Crippen LogP contribution in [-0.2, 0) is 9.59 Å². The van der Waals surface area contributed by atoms with E-state index in [-0.39, 0.29) is 24.8 Å².